The highest BCUT2D eigenvalue weighted by Gasteiger charge is 2.26. The molecule has 1 unspecified atom stereocenters. The maximum atomic E-state index is 11.9. The van der Waals surface area contributed by atoms with Crippen LogP contribution >= 0.6 is 0 Å². The van der Waals surface area contributed by atoms with E-state index in [0.717, 1.165) is 16.5 Å². The zero-order valence-corrected chi connectivity index (χ0v) is 13.3. The number of rotatable bonds is 7. The van der Waals surface area contributed by atoms with Gasteiger partial charge in [0.2, 0.25) is 5.91 Å². The van der Waals surface area contributed by atoms with Crippen molar-refractivity contribution in [3.05, 3.63) is 48.7 Å². The van der Waals surface area contributed by atoms with Crippen molar-refractivity contribution >= 4 is 26.6 Å². The summed E-state index contributed by atoms with van der Waals surface area (Å²) in [4.78, 5) is 15.1. The van der Waals surface area contributed by atoms with Crippen LogP contribution in [0.5, 0.6) is 0 Å². The maximum absolute atomic E-state index is 11.9. The molecular formula is C16H20N2O3S. The molecule has 0 saturated carbocycles. The highest BCUT2D eigenvalue weighted by atomic mass is 32.2. The summed E-state index contributed by atoms with van der Waals surface area (Å²) >= 11 is 0. The Balaban J connectivity index is 1.93. The number of sulfone groups is 1. The summed E-state index contributed by atoms with van der Waals surface area (Å²) in [5.41, 5.74) is 2.14. The van der Waals surface area contributed by atoms with Gasteiger partial charge in [0, 0.05) is 23.6 Å². The third kappa shape index (κ3) is 3.57. The smallest absolute Gasteiger partial charge is 0.238 e. The number of aromatic amines is 1. The van der Waals surface area contributed by atoms with Gasteiger partial charge in [-0.15, -0.1) is 6.58 Å². The number of amides is 1. The van der Waals surface area contributed by atoms with E-state index in [-0.39, 0.29) is 5.75 Å². The van der Waals surface area contributed by atoms with Crippen LogP contribution in [0.4, 0.5) is 0 Å². The predicted molar refractivity (Wildman–Crippen MR) is 88.5 cm³/mol. The monoisotopic (exact) mass is 320 g/mol. The van der Waals surface area contributed by atoms with Gasteiger partial charge in [-0.25, -0.2) is 8.42 Å². The fraction of sp³-hybridized carbons (Fsp3) is 0.312. The molecule has 0 saturated heterocycles. The van der Waals surface area contributed by atoms with Gasteiger partial charge in [0.25, 0.3) is 0 Å². The van der Waals surface area contributed by atoms with Crippen LogP contribution < -0.4 is 5.32 Å². The molecule has 1 atom stereocenters. The molecule has 1 aromatic carbocycles. The molecule has 0 aliphatic rings. The molecule has 0 spiro atoms. The van der Waals surface area contributed by atoms with E-state index in [9.17, 15) is 13.2 Å². The topological polar surface area (TPSA) is 79.0 Å². The number of benzene rings is 1. The first-order valence-corrected chi connectivity index (χ1v) is 8.82. The Morgan fingerprint density at radius 3 is 2.86 bits per heavy atom. The van der Waals surface area contributed by atoms with E-state index >= 15 is 0 Å². The summed E-state index contributed by atoms with van der Waals surface area (Å²) in [7, 11) is -3.46. The van der Waals surface area contributed by atoms with Crippen molar-refractivity contribution in [2.75, 3.05) is 12.3 Å². The minimum atomic E-state index is -3.46. The first-order valence-electron chi connectivity index (χ1n) is 7.11. The van der Waals surface area contributed by atoms with Crippen molar-refractivity contribution in [3.63, 3.8) is 0 Å². The standard InChI is InChI=1S/C16H20N2O3S/c1-3-10-22(20,21)12(2)16(19)17-9-8-13-11-18-15-7-5-4-6-14(13)15/h3-7,11-12,18H,1,8-10H2,2H3,(H,17,19). The Morgan fingerprint density at radius 1 is 1.41 bits per heavy atom. The second kappa shape index (κ2) is 6.79. The van der Waals surface area contributed by atoms with E-state index < -0.39 is 21.0 Å². The Kier molecular flexibility index (Phi) is 5.03. The van der Waals surface area contributed by atoms with Crippen molar-refractivity contribution in [2.24, 2.45) is 0 Å². The van der Waals surface area contributed by atoms with Gasteiger partial charge < -0.3 is 10.3 Å². The van der Waals surface area contributed by atoms with Gasteiger partial charge in [0.1, 0.15) is 5.25 Å². The normalized spacial score (nSPS) is 13.0. The lowest BCUT2D eigenvalue weighted by Gasteiger charge is -2.12. The van der Waals surface area contributed by atoms with Crippen molar-refractivity contribution in [1.82, 2.24) is 10.3 Å². The quantitative estimate of drug-likeness (QED) is 0.764. The number of aromatic nitrogens is 1. The Labute approximate surface area is 130 Å². The molecule has 0 fully saturated rings. The first kappa shape index (κ1) is 16.3. The summed E-state index contributed by atoms with van der Waals surface area (Å²) < 4.78 is 23.6. The number of para-hydroxylation sites is 1. The lowest BCUT2D eigenvalue weighted by Crippen LogP contribution is -2.39. The van der Waals surface area contributed by atoms with Crippen molar-refractivity contribution in [2.45, 2.75) is 18.6 Å². The molecule has 0 bridgehead atoms. The van der Waals surface area contributed by atoms with Crippen LogP contribution in [0.2, 0.25) is 0 Å². The van der Waals surface area contributed by atoms with Gasteiger partial charge >= 0.3 is 0 Å². The molecule has 1 heterocycles. The molecule has 0 radical (unpaired) electrons. The molecule has 0 aliphatic carbocycles. The van der Waals surface area contributed by atoms with Crippen LogP contribution in [-0.4, -0.2) is 36.9 Å². The van der Waals surface area contributed by atoms with Crippen molar-refractivity contribution < 1.29 is 13.2 Å². The van der Waals surface area contributed by atoms with Gasteiger partial charge in [-0.3, -0.25) is 4.79 Å². The predicted octanol–water partition coefficient (Wildman–Crippen LogP) is 1.82. The highest BCUT2D eigenvalue weighted by molar-refractivity contribution is 7.92. The number of carbonyl (C=O) groups excluding carboxylic acids is 1. The van der Waals surface area contributed by atoms with E-state index in [4.69, 9.17) is 0 Å². The van der Waals surface area contributed by atoms with Gasteiger partial charge in [-0.2, -0.15) is 0 Å². The number of carbonyl (C=O) groups is 1. The van der Waals surface area contributed by atoms with Gasteiger partial charge in [0.05, 0.1) is 5.75 Å². The Morgan fingerprint density at radius 2 is 2.14 bits per heavy atom. The van der Waals surface area contributed by atoms with E-state index in [1.807, 2.05) is 30.5 Å². The average Bonchev–Trinajstić information content (AvgIpc) is 2.90. The zero-order valence-electron chi connectivity index (χ0n) is 12.5. The number of fused-ring (bicyclic) bond motifs is 1. The zero-order chi connectivity index (χ0) is 16.2. The molecular weight excluding hydrogens is 300 g/mol. The summed E-state index contributed by atoms with van der Waals surface area (Å²) in [6, 6.07) is 7.92. The first-order chi connectivity index (χ1) is 10.5. The number of nitrogens with one attached hydrogen (secondary N) is 2. The molecule has 0 aliphatic heterocycles. The molecule has 5 nitrogen and oxygen atoms in total. The van der Waals surface area contributed by atoms with E-state index in [2.05, 4.69) is 16.9 Å². The summed E-state index contributed by atoms with van der Waals surface area (Å²) in [5.74, 6) is -0.661. The highest BCUT2D eigenvalue weighted by Crippen LogP contribution is 2.17. The summed E-state index contributed by atoms with van der Waals surface area (Å²) in [5, 5.41) is 2.74. The van der Waals surface area contributed by atoms with Crippen LogP contribution in [0.15, 0.2) is 43.1 Å². The minimum absolute atomic E-state index is 0.190. The Bertz CT molecular complexity index is 778. The van der Waals surface area contributed by atoms with Crippen LogP contribution in [0.1, 0.15) is 12.5 Å². The van der Waals surface area contributed by atoms with Crippen LogP contribution in [0.3, 0.4) is 0 Å². The largest absolute Gasteiger partial charge is 0.361 e. The molecule has 22 heavy (non-hydrogen) atoms. The van der Waals surface area contributed by atoms with E-state index in [0.29, 0.717) is 13.0 Å². The fourth-order valence-electron chi connectivity index (χ4n) is 2.27. The van der Waals surface area contributed by atoms with Crippen LogP contribution in [-0.2, 0) is 21.1 Å². The molecule has 1 aromatic heterocycles. The van der Waals surface area contributed by atoms with Gasteiger partial charge in [-0.1, -0.05) is 24.3 Å². The summed E-state index contributed by atoms with van der Waals surface area (Å²) in [6.07, 6.45) is 3.85. The lowest BCUT2D eigenvalue weighted by molar-refractivity contribution is -0.120. The van der Waals surface area contributed by atoms with E-state index in [1.165, 1.54) is 13.0 Å². The maximum Gasteiger partial charge on any atom is 0.238 e. The number of hydrogen-bond donors (Lipinski definition) is 2. The third-order valence-corrected chi connectivity index (χ3v) is 5.62. The number of H-pyrrole nitrogens is 1. The van der Waals surface area contributed by atoms with Crippen molar-refractivity contribution in [1.29, 1.82) is 0 Å². The van der Waals surface area contributed by atoms with Crippen LogP contribution in [0, 0.1) is 0 Å². The van der Waals surface area contributed by atoms with Gasteiger partial charge in [0.15, 0.2) is 9.84 Å². The van der Waals surface area contributed by atoms with E-state index in [1.54, 1.807) is 0 Å². The SMILES string of the molecule is C=CCS(=O)(=O)C(C)C(=O)NCCc1c[nH]c2ccccc12. The van der Waals surface area contributed by atoms with Crippen LogP contribution in [0.25, 0.3) is 10.9 Å². The Hall–Kier alpha value is -2.08. The minimum Gasteiger partial charge on any atom is -0.361 e. The molecule has 2 N–H and O–H groups in total. The second-order valence-corrected chi connectivity index (χ2v) is 7.53. The third-order valence-electron chi connectivity index (χ3n) is 3.63. The molecule has 2 rings (SSSR count). The molecule has 1 amide bonds. The molecule has 6 heteroatoms. The molecule has 118 valence electrons. The van der Waals surface area contributed by atoms with Crippen molar-refractivity contribution in [3.8, 4) is 0 Å². The number of hydrogen-bond acceptors (Lipinski definition) is 3. The average molecular weight is 320 g/mol. The summed E-state index contributed by atoms with van der Waals surface area (Å²) in [6.45, 7) is 5.20. The lowest BCUT2D eigenvalue weighted by atomic mass is 10.1. The second-order valence-electron chi connectivity index (χ2n) is 5.16. The fourth-order valence-corrected chi connectivity index (χ4v) is 3.30. The van der Waals surface area contributed by atoms with Gasteiger partial charge in [-0.05, 0) is 25.0 Å². The molecule has 2 aromatic rings.